The number of piperidine rings is 1. The molecule has 1 N–H and O–H groups in total. The highest BCUT2D eigenvalue weighted by atomic mass is 32.2. The highest BCUT2D eigenvalue weighted by molar-refractivity contribution is 7.99. The number of carbonyl (C=O) groups excluding carboxylic acids is 2. The molecule has 0 spiro atoms. The lowest BCUT2D eigenvalue weighted by Crippen LogP contribution is -2.44. The van der Waals surface area contributed by atoms with E-state index in [2.05, 4.69) is 22.3 Å². The van der Waals surface area contributed by atoms with Crippen LogP contribution in [0.2, 0.25) is 0 Å². The summed E-state index contributed by atoms with van der Waals surface area (Å²) in [7, 11) is -3.07. The summed E-state index contributed by atoms with van der Waals surface area (Å²) in [6.07, 6.45) is 2.81. The van der Waals surface area contributed by atoms with E-state index in [1.165, 1.54) is 0 Å². The number of Topliss-reactive ketones (excluding diaryl/α,β-unsaturated/α-hetero) is 1. The van der Waals surface area contributed by atoms with Crippen LogP contribution in [0.3, 0.4) is 0 Å². The molecule has 11 heteroatoms. The fraction of sp³-hybridized carbons (Fsp3) is 0.724. The van der Waals surface area contributed by atoms with Gasteiger partial charge in [-0.2, -0.15) is 0 Å². The number of amides is 1. The lowest BCUT2D eigenvalue weighted by molar-refractivity contribution is -0.129. The first-order valence-corrected chi connectivity index (χ1v) is 17.1. The fourth-order valence-corrected chi connectivity index (χ4v) is 7.04. The molecule has 1 aromatic rings. The summed E-state index contributed by atoms with van der Waals surface area (Å²) in [4.78, 5) is 28.7. The van der Waals surface area contributed by atoms with Gasteiger partial charge in [-0.05, 0) is 85.5 Å². The van der Waals surface area contributed by atoms with Crippen molar-refractivity contribution in [2.24, 2.45) is 5.92 Å². The van der Waals surface area contributed by atoms with Gasteiger partial charge in [-0.25, -0.2) is 4.79 Å². The summed E-state index contributed by atoms with van der Waals surface area (Å²) in [6, 6.07) is 10.1. The fourth-order valence-electron chi connectivity index (χ4n) is 4.41. The van der Waals surface area contributed by atoms with Gasteiger partial charge in [0, 0.05) is 35.8 Å². The Hall–Kier alpha value is -1.42. The highest BCUT2D eigenvalue weighted by Gasteiger charge is 2.27. The van der Waals surface area contributed by atoms with Crippen LogP contribution >= 0.6 is 19.4 Å². The number of ether oxygens (including phenoxy) is 2. The van der Waals surface area contributed by atoms with Crippen molar-refractivity contribution in [3.05, 3.63) is 30.3 Å². The van der Waals surface area contributed by atoms with Crippen molar-refractivity contribution in [1.82, 2.24) is 10.2 Å². The highest BCUT2D eigenvalue weighted by Crippen LogP contribution is 2.48. The Bertz CT molecular complexity index is 911. The van der Waals surface area contributed by atoms with E-state index in [1.807, 2.05) is 39.0 Å². The van der Waals surface area contributed by atoms with Gasteiger partial charge in [0.05, 0.1) is 19.4 Å². The summed E-state index contributed by atoms with van der Waals surface area (Å²) >= 11 is 1.72. The number of likely N-dealkylation sites (tertiary alicyclic amines) is 1. The van der Waals surface area contributed by atoms with Gasteiger partial charge in [0.25, 0.3) is 0 Å². The molecule has 0 saturated carbocycles. The van der Waals surface area contributed by atoms with Crippen molar-refractivity contribution >= 4 is 31.2 Å². The van der Waals surface area contributed by atoms with Gasteiger partial charge >= 0.3 is 13.7 Å². The van der Waals surface area contributed by atoms with E-state index in [0.717, 1.165) is 49.5 Å². The largest absolute Gasteiger partial charge is 0.444 e. The van der Waals surface area contributed by atoms with Gasteiger partial charge < -0.3 is 28.7 Å². The first-order chi connectivity index (χ1) is 19.0. The predicted molar refractivity (Wildman–Crippen MR) is 160 cm³/mol. The van der Waals surface area contributed by atoms with Crippen LogP contribution in [0, 0.1) is 5.92 Å². The van der Waals surface area contributed by atoms with E-state index in [1.54, 1.807) is 25.6 Å². The van der Waals surface area contributed by atoms with E-state index in [-0.39, 0.29) is 30.5 Å². The Balaban J connectivity index is 1.72. The first kappa shape index (κ1) is 34.8. The van der Waals surface area contributed by atoms with Crippen LogP contribution in [0.15, 0.2) is 35.2 Å². The summed E-state index contributed by atoms with van der Waals surface area (Å²) in [5.74, 6) is 0.875. The molecule has 1 fully saturated rings. The summed E-state index contributed by atoms with van der Waals surface area (Å²) in [5, 5.41) is 3.05. The third-order valence-electron chi connectivity index (χ3n) is 6.37. The number of thioether (sulfide) groups is 1. The van der Waals surface area contributed by atoms with Crippen LogP contribution < -0.4 is 5.32 Å². The average molecular weight is 601 g/mol. The molecule has 1 aromatic carbocycles. The molecule has 40 heavy (non-hydrogen) atoms. The number of hydrogen-bond donors (Lipinski definition) is 1. The number of hydrogen-bond acceptors (Lipinski definition) is 9. The smallest absolute Gasteiger partial charge is 0.407 e. The summed E-state index contributed by atoms with van der Waals surface area (Å²) in [5.41, 5.74) is -0.547. The van der Waals surface area contributed by atoms with E-state index in [9.17, 15) is 14.2 Å². The lowest BCUT2D eigenvalue weighted by atomic mass is 9.92. The maximum atomic E-state index is 12.7. The van der Waals surface area contributed by atoms with Crippen molar-refractivity contribution < 1.29 is 32.7 Å². The summed E-state index contributed by atoms with van der Waals surface area (Å²) < 4.78 is 34.1. The van der Waals surface area contributed by atoms with Gasteiger partial charge in [0.15, 0.2) is 5.78 Å². The zero-order valence-corrected chi connectivity index (χ0v) is 26.6. The maximum Gasteiger partial charge on any atom is 0.407 e. The molecule has 1 aliphatic rings. The second-order valence-electron chi connectivity index (χ2n) is 10.9. The van der Waals surface area contributed by atoms with Gasteiger partial charge in [0.2, 0.25) is 0 Å². The zero-order chi connectivity index (χ0) is 29.4. The van der Waals surface area contributed by atoms with Crippen LogP contribution in [-0.4, -0.2) is 86.4 Å². The second-order valence-corrected chi connectivity index (χ2v) is 14.2. The Morgan fingerprint density at radius 2 is 1.75 bits per heavy atom. The SMILES string of the molecule is CCOP(=O)(CCCOCC(=O)C1CCN(CC[C@H](CSc2ccccc2)NC(=O)OC(C)(C)C)CC1)OCC. The minimum Gasteiger partial charge on any atom is -0.444 e. The predicted octanol–water partition coefficient (Wildman–Crippen LogP) is 6.02. The molecule has 0 radical (unpaired) electrons. The molecular formula is C29H49N2O7PS. The molecule has 9 nitrogen and oxygen atoms in total. The number of rotatable bonds is 18. The third-order valence-corrected chi connectivity index (χ3v) is 9.71. The van der Waals surface area contributed by atoms with Crippen LogP contribution in [0.1, 0.15) is 60.3 Å². The van der Waals surface area contributed by atoms with E-state index in [4.69, 9.17) is 18.5 Å². The molecule has 0 bridgehead atoms. The second kappa shape index (κ2) is 18.2. The van der Waals surface area contributed by atoms with E-state index in [0.29, 0.717) is 26.2 Å². The van der Waals surface area contributed by atoms with Crippen molar-refractivity contribution in [2.45, 2.75) is 76.8 Å². The first-order valence-electron chi connectivity index (χ1n) is 14.4. The van der Waals surface area contributed by atoms with Gasteiger partial charge in [-0.3, -0.25) is 9.36 Å². The van der Waals surface area contributed by atoms with Crippen molar-refractivity contribution in [2.75, 3.05) is 58.0 Å². The molecule has 1 aliphatic heterocycles. The molecule has 1 saturated heterocycles. The minimum atomic E-state index is -3.07. The Morgan fingerprint density at radius 3 is 2.35 bits per heavy atom. The van der Waals surface area contributed by atoms with Gasteiger partial charge in [-0.1, -0.05) is 18.2 Å². The number of carbonyl (C=O) groups is 2. The molecule has 228 valence electrons. The Kier molecular flexibility index (Phi) is 15.8. The number of alkyl carbamates (subject to hydrolysis) is 1. The van der Waals surface area contributed by atoms with Gasteiger partial charge in [-0.15, -0.1) is 11.8 Å². The normalized spacial score (nSPS) is 16.0. The quantitative estimate of drug-likeness (QED) is 0.123. The van der Waals surface area contributed by atoms with Crippen LogP contribution in [0.25, 0.3) is 0 Å². The minimum absolute atomic E-state index is 0.00137. The molecule has 0 aromatic heterocycles. The average Bonchev–Trinajstić information content (AvgIpc) is 2.90. The third kappa shape index (κ3) is 14.5. The molecule has 0 aliphatic carbocycles. The molecular weight excluding hydrogens is 551 g/mol. The standard InChI is InChI=1S/C29H49N2O7PS/c1-6-36-39(34,37-7-2)21-11-20-35-22-27(32)24-14-17-31(18-15-24)19-16-25(30-28(33)38-29(3,4)5)23-40-26-12-9-8-10-13-26/h8-10,12-13,24-25H,6-7,11,14-23H2,1-5H3,(H,30,33)/t25-/m1/s1. The molecule has 1 atom stereocenters. The molecule has 1 amide bonds. The number of benzene rings is 1. The Morgan fingerprint density at radius 1 is 1.10 bits per heavy atom. The zero-order valence-electron chi connectivity index (χ0n) is 24.9. The maximum absolute atomic E-state index is 12.7. The lowest BCUT2D eigenvalue weighted by Gasteiger charge is -2.32. The van der Waals surface area contributed by atoms with E-state index >= 15 is 0 Å². The van der Waals surface area contributed by atoms with Crippen LogP contribution in [0.5, 0.6) is 0 Å². The summed E-state index contributed by atoms with van der Waals surface area (Å²) in [6.45, 7) is 12.8. The number of nitrogens with one attached hydrogen (secondary N) is 1. The Labute approximate surface area is 244 Å². The van der Waals surface area contributed by atoms with Crippen molar-refractivity contribution in [3.8, 4) is 0 Å². The number of ketones is 1. The van der Waals surface area contributed by atoms with Crippen LogP contribution in [-0.2, 0) is 27.9 Å². The van der Waals surface area contributed by atoms with Crippen LogP contribution in [0.4, 0.5) is 4.79 Å². The molecule has 2 rings (SSSR count). The van der Waals surface area contributed by atoms with Gasteiger partial charge in [0.1, 0.15) is 12.2 Å². The monoisotopic (exact) mass is 600 g/mol. The number of nitrogens with zero attached hydrogens (tertiary/aromatic N) is 1. The molecule has 1 heterocycles. The van der Waals surface area contributed by atoms with Crippen molar-refractivity contribution in [1.29, 1.82) is 0 Å². The van der Waals surface area contributed by atoms with Crippen molar-refractivity contribution in [3.63, 3.8) is 0 Å². The molecule has 0 unspecified atom stereocenters. The topological polar surface area (TPSA) is 103 Å². The van der Waals surface area contributed by atoms with E-state index < -0.39 is 19.3 Å².